The fourth-order valence-corrected chi connectivity index (χ4v) is 2.86. The van der Waals surface area contributed by atoms with Gasteiger partial charge < -0.3 is 14.4 Å². The summed E-state index contributed by atoms with van der Waals surface area (Å²) in [5.74, 6) is 1.42. The number of ether oxygens (including phenoxy) is 2. The normalized spacial score (nSPS) is 10.3. The Hall–Kier alpha value is -2.01. The van der Waals surface area contributed by atoms with Crippen molar-refractivity contribution in [2.75, 3.05) is 27.8 Å². The standard InChI is InChI=1S/C17H21NO3S/c1-18(9-8-14-5-4-10-22-14)17(19)12-13-6-7-15(20-2)16(11-13)21-3/h4-7,10-11H,8-9,12H2,1-3H3. The molecule has 0 bridgehead atoms. The number of likely N-dealkylation sites (N-methyl/N-ethyl adjacent to an activating group) is 1. The van der Waals surface area contributed by atoms with Gasteiger partial charge in [0.15, 0.2) is 11.5 Å². The highest BCUT2D eigenvalue weighted by atomic mass is 32.1. The Balaban J connectivity index is 1.93. The summed E-state index contributed by atoms with van der Waals surface area (Å²) in [5.41, 5.74) is 0.922. The van der Waals surface area contributed by atoms with Crippen molar-refractivity contribution in [3.05, 3.63) is 46.2 Å². The quantitative estimate of drug-likeness (QED) is 0.787. The lowest BCUT2D eigenvalue weighted by Gasteiger charge is -2.17. The number of rotatable bonds is 7. The van der Waals surface area contributed by atoms with Gasteiger partial charge in [0.2, 0.25) is 5.91 Å². The van der Waals surface area contributed by atoms with E-state index in [0.717, 1.165) is 18.5 Å². The molecule has 0 unspecified atom stereocenters. The van der Waals surface area contributed by atoms with Crippen LogP contribution < -0.4 is 9.47 Å². The van der Waals surface area contributed by atoms with Gasteiger partial charge in [0.25, 0.3) is 0 Å². The monoisotopic (exact) mass is 319 g/mol. The zero-order valence-electron chi connectivity index (χ0n) is 13.2. The topological polar surface area (TPSA) is 38.8 Å². The van der Waals surface area contributed by atoms with Crippen molar-refractivity contribution < 1.29 is 14.3 Å². The highest BCUT2D eigenvalue weighted by molar-refractivity contribution is 7.09. The van der Waals surface area contributed by atoms with E-state index in [1.165, 1.54) is 4.88 Å². The zero-order valence-corrected chi connectivity index (χ0v) is 14.0. The van der Waals surface area contributed by atoms with Gasteiger partial charge >= 0.3 is 0 Å². The Kier molecular flexibility index (Phi) is 5.83. The van der Waals surface area contributed by atoms with Crippen LogP contribution in [0.15, 0.2) is 35.7 Å². The molecule has 0 N–H and O–H groups in total. The fraction of sp³-hybridized carbons (Fsp3) is 0.353. The highest BCUT2D eigenvalue weighted by Gasteiger charge is 2.12. The van der Waals surface area contributed by atoms with Crippen LogP contribution in [0.1, 0.15) is 10.4 Å². The van der Waals surface area contributed by atoms with E-state index in [-0.39, 0.29) is 5.91 Å². The second kappa shape index (κ2) is 7.84. The van der Waals surface area contributed by atoms with Crippen molar-refractivity contribution in [3.63, 3.8) is 0 Å². The third-order valence-electron chi connectivity index (χ3n) is 3.50. The van der Waals surface area contributed by atoms with Gasteiger partial charge in [-0.15, -0.1) is 11.3 Å². The molecular formula is C17H21NO3S. The molecule has 0 saturated heterocycles. The Labute approximate surface area is 135 Å². The molecule has 5 heteroatoms. The van der Waals surface area contributed by atoms with E-state index in [9.17, 15) is 4.79 Å². The van der Waals surface area contributed by atoms with E-state index in [1.54, 1.807) is 30.5 Å². The number of carbonyl (C=O) groups excluding carboxylic acids is 1. The molecular weight excluding hydrogens is 298 g/mol. The molecule has 0 fully saturated rings. The van der Waals surface area contributed by atoms with Crippen LogP contribution in [0.4, 0.5) is 0 Å². The lowest BCUT2D eigenvalue weighted by atomic mass is 10.1. The van der Waals surface area contributed by atoms with Gasteiger partial charge in [-0.05, 0) is 35.6 Å². The second-order valence-electron chi connectivity index (χ2n) is 5.01. The summed E-state index contributed by atoms with van der Waals surface area (Å²) in [6.07, 6.45) is 1.26. The minimum atomic E-state index is 0.101. The van der Waals surface area contributed by atoms with Crippen molar-refractivity contribution in [3.8, 4) is 11.5 Å². The van der Waals surface area contributed by atoms with Crippen LogP contribution in [0.2, 0.25) is 0 Å². The van der Waals surface area contributed by atoms with Gasteiger partial charge in [0, 0.05) is 18.5 Å². The van der Waals surface area contributed by atoms with E-state index in [0.29, 0.717) is 17.9 Å². The molecule has 0 spiro atoms. The van der Waals surface area contributed by atoms with Crippen LogP contribution in [-0.2, 0) is 17.6 Å². The molecule has 2 rings (SSSR count). The summed E-state index contributed by atoms with van der Waals surface area (Å²) in [5, 5.41) is 2.06. The smallest absolute Gasteiger partial charge is 0.226 e. The van der Waals surface area contributed by atoms with Crippen LogP contribution in [0.3, 0.4) is 0 Å². The van der Waals surface area contributed by atoms with Crippen LogP contribution in [0, 0.1) is 0 Å². The SMILES string of the molecule is COc1ccc(CC(=O)N(C)CCc2cccs2)cc1OC. The molecule has 0 aliphatic carbocycles. The third-order valence-corrected chi connectivity index (χ3v) is 4.44. The highest BCUT2D eigenvalue weighted by Crippen LogP contribution is 2.27. The number of methoxy groups -OCH3 is 2. The molecule has 1 aromatic carbocycles. The predicted molar refractivity (Wildman–Crippen MR) is 88.9 cm³/mol. The fourth-order valence-electron chi connectivity index (χ4n) is 2.16. The molecule has 1 heterocycles. The van der Waals surface area contributed by atoms with Gasteiger partial charge in [0.05, 0.1) is 20.6 Å². The summed E-state index contributed by atoms with van der Waals surface area (Å²) in [6.45, 7) is 0.729. The zero-order chi connectivity index (χ0) is 15.9. The molecule has 0 atom stereocenters. The summed E-state index contributed by atoms with van der Waals surface area (Å²) < 4.78 is 10.5. The maximum Gasteiger partial charge on any atom is 0.226 e. The lowest BCUT2D eigenvalue weighted by Crippen LogP contribution is -2.30. The average Bonchev–Trinajstić information content (AvgIpc) is 3.05. The van der Waals surface area contributed by atoms with E-state index in [4.69, 9.17) is 9.47 Å². The van der Waals surface area contributed by atoms with Crippen molar-refractivity contribution >= 4 is 17.2 Å². The second-order valence-corrected chi connectivity index (χ2v) is 6.04. The van der Waals surface area contributed by atoms with Crippen LogP contribution in [0.5, 0.6) is 11.5 Å². The van der Waals surface area contributed by atoms with Crippen LogP contribution in [-0.4, -0.2) is 38.6 Å². The lowest BCUT2D eigenvalue weighted by molar-refractivity contribution is -0.129. The van der Waals surface area contributed by atoms with Crippen LogP contribution in [0.25, 0.3) is 0 Å². The minimum absolute atomic E-state index is 0.101. The maximum absolute atomic E-state index is 12.3. The molecule has 0 saturated carbocycles. The Bertz CT molecular complexity index is 610. The van der Waals surface area contributed by atoms with Gasteiger partial charge in [-0.3, -0.25) is 4.79 Å². The Morgan fingerprint density at radius 1 is 1.18 bits per heavy atom. The van der Waals surface area contributed by atoms with Crippen molar-refractivity contribution in [1.82, 2.24) is 4.90 Å². The summed E-state index contributed by atoms with van der Waals surface area (Å²) in [6, 6.07) is 9.70. The van der Waals surface area contributed by atoms with Crippen molar-refractivity contribution in [1.29, 1.82) is 0 Å². The molecule has 1 aromatic heterocycles. The number of hydrogen-bond acceptors (Lipinski definition) is 4. The molecule has 0 aliphatic heterocycles. The summed E-state index contributed by atoms with van der Waals surface area (Å²) >= 11 is 1.72. The van der Waals surface area contributed by atoms with Gasteiger partial charge in [-0.25, -0.2) is 0 Å². The van der Waals surface area contributed by atoms with Gasteiger partial charge in [-0.1, -0.05) is 12.1 Å². The molecule has 4 nitrogen and oxygen atoms in total. The number of thiophene rings is 1. The number of carbonyl (C=O) groups is 1. The molecule has 1 amide bonds. The first kappa shape index (κ1) is 16.4. The number of benzene rings is 1. The number of hydrogen-bond donors (Lipinski definition) is 0. The first-order valence-corrected chi connectivity index (χ1v) is 7.99. The molecule has 2 aromatic rings. The molecule has 0 aliphatic rings. The minimum Gasteiger partial charge on any atom is -0.493 e. The maximum atomic E-state index is 12.3. The first-order valence-electron chi connectivity index (χ1n) is 7.11. The molecule has 0 radical (unpaired) electrons. The molecule has 118 valence electrons. The van der Waals surface area contributed by atoms with Crippen molar-refractivity contribution in [2.24, 2.45) is 0 Å². The number of nitrogens with zero attached hydrogens (tertiary/aromatic N) is 1. The van der Waals surface area contributed by atoms with E-state index < -0.39 is 0 Å². The van der Waals surface area contributed by atoms with E-state index in [1.807, 2.05) is 31.3 Å². The van der Waals surface area contributed by atoms with Crippen LogP contribution >= 0.6 is 11.3 Å². The third kappa shape index (κ3) is 4.24. The average molecular weight is 319 g/mol. The largest absolute Gasteiger partial charge is 0.493 e. The van der Waals surface area contributed by atoms with Gasteiger partial charge in [0.1, 0.15) is 0 Å². The first-order chi connectivity index (χ1) is 10.6. The van der Waals surface area contributed by atoms with Crippen molar-refractivity contribution in [2.45, 2.75) is 12.8 Å². The van der Waals surface area contributed by atoms with Gasteiger partial charge in [-0.2, -0.15) is 0 Å². The summed E-state index contributed by atoms with van der Waals surface area (Å²) in [4.78, 5) is 15.4. The summed E-state index contributed by atoms with van der Waals surface area (Å²) in [7, 11) is 5.04. The van der Waals surface area contributed by atoms with E-state index >= 15 is 0 Å². The Morgan fingerprint density at radius 2 is 1.95 bits per heavy atom. The van der Waals surface area contributed by atoms with E-state index in [2.05, 4.69) is 11.4 Å². The number of amides is 1. The Morgan fingerprint density at radius 3 is 2.59 bits per heavy atom. The predicted octanol–water partition coefficient (Wildman–Crippen LogP) is 3.01. The molecule has 22 heavy (non-hydrogen) atoms.